The molecule has 4 nitrogen and oxygen atoms in total. The van der Waals surface area contributed by atoms with Gasteiger partial charge in [0.1, 0.15) is 6.04 Å². The van der Waals surface area contributed by atoms with E-state index in [2.05, 4.69) is 5.32 Å². The van der Waals surface area contributed by atoms with Crippen molar-refractivity contribution >= 4 is 23.5 Å². The maximum Gasteiger partial charge on any atom is 0.328 e. The summed E-state index contributed by atoms with van der Waals surface area (Å²) in [6, 6.07) is 6.49. The average molecular weight is 270 g/mol. The Balaban J connectivity index is 2.81. The number of halogens is 1. The van der Waals surface area contributed by atoms with Crippen molar-refractivity contribution in [1.82, 2.24) is 5.32 Å². The molecule has 0 fully saturated rings. The van der Waals surface area contributed by atoms with Gasteiger partial charge >= 0.3 is 5.97 Å². The molecule has 0 heterocycles. The molecule has 1 rings (SSSR count). The summed E-state index contributed by atoms with van der Waals surface area (Å²) >= 11 is 6.02. The summed E-state index contributed by atoms with van der Waals surface area (Å²) in [7, 11) is 0. The Morgan fingerprint density at radius 2 is 2.06 bits per heavy atom. The van der Waals surface area contributed by atoms with E-state index in [4.69, 9.17) is 16.3 Å². The van der Waals surface area contributed by atoms with Gasteiger partial charge in [-0.05, 0) is 18.6 Å². The monoisotopic (exact) mass is 269 g/mol. The van der Waals surface area contributed by atoms with Crippen LogP contribution in [0.4, 0.5) is 0 Å². The van der Waals surface area contributed by atoms with E-state index in [-0.39, 0.29) is 12.5 Å². The minimum absolute atomic E-state index is 0.275. The number of hydrogen-bond donors (Lipinski definition) is 1. The van der Waals surface area contributed by atoms with Crippen molar-refractivity contribution in [3.63, 3.8) is 0 Å². The van der Waals surface area contributed by atoms with Gasteiger partial charge in [-0.3, -0.25) is 4.79 Å². The van der Waals surface area contributed by atoms with Crippen LogP contribution in [0, 0.1) is 0 Å². The first-order chi connectivity index (χ1) is 8.54. The molecule has 1 aromatic carbocycles. The Labute approximate surface area is 111 Å². The zero-order valence-corrected chi connectivity index (χ0v) is 11.2. The molecule has 18 heavy (non-hydrogen) atoms. The first kappa shape index (κ1) is 14.5. The number of hydrogen-bond acceptors (Lipinski definition) is 3. The van der Waals surface area contributed by atoms with E-state index in [9.17, 15) is 9.59 Å². The summed E-state index contributed by atoms with van der Waals surface area (Å²) in [6.07, 6.45) is 0.318. The van der Waals surface area contributed by atoms with E-state index in [1.807, 2.05) is 18.2 Å². The highest BCUT2D eigenvalue weighted by Crippen LogP contribution is 2.17. The highest BCUT2D eigenvalue weighted by atomic mass is 35.5. The Kier molecular flexibility index (Phi) is 5.65. The Bertz CT molecular complexity index is 434. The molecule has 1 atom stereocenters. The van der Waals surface area contributed by atoms with Gasteiger partial charge in [0.05, 0.1) is 6.61 Å². The van der Waals surface area contributed by atoms with Crippen LogP contribution < -0.4 is 5.32 Å². The predicted octanol–water partition coefficient (Wildman–Crippen LogP) is 1.95. The fourth-order valence-corrected chi connectivity index (χ4v) is 1.78. The van der Waals surface area contributed by atoms with Crippen molar-refractivity contribution in [2.24, 2.45) is 0 Å². The topological polar surface area (TPSA) is 55.4 Å². The van der Waals surface area contributed by atoms with E-state index >= 15 is 0 Å². The molecular formula is C13H16ClNO3. The zero-order valence-electron chi connectivity index (χ0n) is 10.4. The van der Waals surface area contributed by atoms with Gasteiger partial charge in [-0.25, -0.2) is 4.79 Å². The maximum absolute atomic E-state index is 11.7. The number of ether oxygens (including phenoxy) is 1. The lowest BCUT2D eigenvalue weighted by atomic mass is 10.1. The van der Waals surface area contributed by atoms with Crippen LogP contribution in [-0.4, -0.2) is 24.5 Å². The number of amides is 1. The van der Waals surface area contributed by atoms with Crippen molar-refractivity contribution in [2.75, 3.05) is 6.61 Å². The lowest BCUT2D eigenvalue weighted by Gasteiger charge is -2.16. The minimum atomic E-state index is -0.706. The molecule has 0 saturated carbocycles. The zero-order chi connectivity index (χ0) is 13.5. The van der Waals surface area contributed by atoms with Gasteiger partial charge in [0.25, 0.3) is 0 Å². The molecule has 1 amide bonds. The number of carbonyl (C=O) groups is 2. The second kappa shape index (κ2) is 7.01. The van der Waals surface area contributed by atoms with Crippen molar-refractivity contribution in [2.45, 2.75) is 26.3 Å². The van der Waals surface area contributed by atoms with Gasteiger partial charge in [0, 0.05) is 18.4 Å². The number of rotatable bonds is 5. The molecule has 5 heteroatoms. The van der Waals surface area contributed by atoms with Crippen molar-refractivity contribution < 1.29 is 14.3 Å². The molecule has 1 aromatic rings. The van der Waals surface area contributed by atoms with E-state index in [0.29, 0.717) is 11.4 Å². The Hall–Kier alpha value is -1.55. The summed E-state index contributed by atoms with van der Waals surface area (Å²) < 4.78 is 4.92. The van der Waals surface area contributed by atoms with Crippen LogP contribution in [0.2, 0.25) is 5.02 Å². The molecule has 0 spiro atoms. The highest BCUT2D eigenvalue weighted by molar-refractivity contribution is 6.31. The maximum atomic E-state index is 11.7. The van der Waals surface area contributed by atoms with Crippen molar-refractivity contribution in [3.05, 3.63) is 34.9 Å². The summed E-state index contributed by atoms with van der Waals surface area (Å²) in [5.41, 5.74) is 0.797. The van der Waals surface area contributed by atoms with Crippen LogP contribution in [0.3, 0.4) is 0 Å². The first-order valence-corrected chi connectivity index (χ1v) is 6.09. The lowest BCUT2D eigenvalue weighted by molar-refractivity contribution is -0.147. The number of carbonyl (C=O) groups excluding carboxylic acids is 2. The third-order valence-electron chi connectivity index (χ3n) is 2.33. The quantitative estimate of drug-likeness (QED) is 0.832. The fraction of sp³-hybridized carbons (Fsp3) is 0.385. The van der Waals surface area contributed by atoms with E-state index in [1.54, 1.807) is 13.0 Å². The summed E-state index contributed by atoms with van der Waals surface area (Å²) in [5, 5.41) is 3.13. The van der Waals surface area contributed by atoms with Gasteiger partial charge < -0.3 is 10.1 Å². The van der Waals surface area contributed by atoms with E-state index in [0.717, 1.165) is 5.56 Å². The molecule has 0 bridgehead atoms. The molecule has 0 aromatic heterocycles. The molecule has 0 saturated heterocycles. The van der Waals surface area contributed by atoms with Gasteiger partial charge in [-0.1, -0.05) is 29.8 Å². The summed E-state index contributed by atoms with van der Waals surface area (Å²) in [4.78, 5) is 22.8. The number of nitrogens with one attached hydrogen (secondary N) is 1. The van der Waals surface area contributed by atoms with Crippen LogP contribution in [0.15, 0.2) is 24.3 Å². The molecular weight excluding hydrogens is 254 g/mol. The van der Waals surface area contributed by atoms with Crippen molar-refractivity contribution in [1.29, 1.82) is 0 Å². The predicted molar refractivity (Wildman–Crippen MR) is 69.4 cm³/mol. The van der Waals surface area contributed by atoms with Gasteiger partial charge in [0.2, 0.25) is 5.91 Å². The molecule has 0 aliphatic carbocycles. The fourth-order valence-electron chi connectivity index (χ4n) is 1.57. The Morgan fingerprint density at radius 3 is 2.61 bits per heavy atom. The second-order valence-corrected chi connectivity index (χ2v) is 4.21. The first-order valence-electron chi connectivity index (χ1n) is 5.71. The largest absolute Gasteiger partial charge is 0.464 e. The molecule has 1 N–H and O–H groups in total. The van der Waals surface area contributed by atoms with Crippen molar-refractivity contribution in [3.8, 4) is 0 Å². The summed E-state index contributed by atoms with van der Waals surface area (Å²) in [6.45, 7) is 3.36. The standard InChI is InChI=1S/C13H16ClNO3/c1-3-18-13(17)12(15-9(2)16)8-10-6-4-5-7-11(10)14/h4-7,12H,3,8H2,1-2H3,(H,15,16)/t12-/m0/s1. The van der Waals surface area contributed by atoms with Gasteiger partial charge in [-0.15, -0.1) is 0 Å². The number of esters is 1. The third kappa shape index (κ3) is 4.37. The average Bonchev–Trinajstić information content (AvgIpc) is 2.31. The van der Waals surface area contributed by atoms with Gasteiger partial charge in [-0.2, -0.15) is 0 Å². The molecule has 98 valence electrons. The van der Waals surface area contributed by atoms with E-state index < -0.39 is 12.0 Å². The summed E-state index contributed by atoms with van der Waals surface area (Å²) in [5.74, 6) is -0.729. The molecule has 0 radical (unpaired) electrons. The third-order valence-corrected chi connectivity index (χ3v) is 2.70. The van der Waals surface area contributed by atoms with Gasteiger partial charge in [0.15, 0.2) is 0 Å². The molecule has 0 aliphatic rings. The molecule has 0 unspecified atom stereocenters. The SMILES string of the molecule is CCOC(=O)[C@H](Cc1ccccc1Cl)NC(C)=O. The lowest BCUT2D eigenvalue weighted by Crippen LogP contribution is -2.42. The highest BCUT2D eigenvalue weighted by Gasteiger charge is 2.21. The van der Waals surface area contributed by atoms with Crippen LogP contribution in [0.25, 0.3) is 0 Å². The molecule has 0 aliphatic heterocycles. The normalized spacial score (nSPS) is 11.7. The minimum Gasteiger partial charge on any atom is -0.464 e. The van der Waals surface area contributed by atoms with Crippen LogP contribution >= 0.6 is 11.6 Å². The van der Waals surface area contributed by atoms with Crippen LogP contribution in [-0.2, 0) is 20.7 Å². The smallest absolute Gasteiger partial charge is 0.328 e. The number of benzene rings is 1. The van der Waals surface area contributed by atoms with Crippen LogP contribution in [0.5, 0.6) is 0 Å². The van der Waals surface area contributed by atoms with E-state index in [1.165, 1.54) is 6.92 Å². The second-order valence-electron chi connectivity index (χ2n) is 3.80. The Morgan fingerprint density at radius 1 is 1.39 bits per heavy atom. The van der Waals surface area contributed by atoms with Crippen LogP contribution in [0.1, 0.15) is 19.4 Å².